The van der Waals surface area contributed by atoms with Gasteiger partial charge in [0.05, 0.1) is 0 Å². The van der Waals surface area contributed by atoms with E-state index in [-0.39, 0.29) is 6.09 Å². The van der Waals surface area contributed by atoms with Crippen LogP contribution in [0.3, 0.4) is 0 Å². The van der Waals surface area contributed by atoms with Gasteiger partial charge in [-0.3, -0.25) is 0 Å². The van der Waals surface area contributed by atoms with Crippen LogP contribution in [0.15, 0.2) is 12.4 Å². The van der Waals surface area contributed by atoms with Gasteiger partial charge in [-0.15, -0.1) is 0 Å². The molecule has 1 aliphatic heterocycles. The number of hydrogen-bond donors (Lipinski definition) is 0. The number of anilines is 1. The minimum atomic E-state index is -0.452. The monoisotopic (exact) mass is 292 g/mol. The Labute approximate surface area is 126 Å². The number of carbonyl (C=O) groups excluding carboxylic acids is 1. The third-order valence-electron chi connectivity index (χ3n) is 3.26. The Hall–Kier alpha value is -1.85. The second kappa shape index (κ2) is 6.28. The van der Waals surface area contributed by atoms with Crippen LogP contribution in [0.1, 0.15) is 32.9 Å². The van der Waals surface area contributed by atoms with E-state index in [9.17, 15) is 4.79 Å². The van der Waals surface area contributed by atoms with E-state index in [2.05, 4.69) is 14.9 Å². The van der Waals surface area contributed by atoms with Crippen molar-refractivity contribution in [2.24, 2.45) is 0 Å². The van der Waals surface area contributed by atoms with E-state index < -0.39 is 5.60 Å². The predicted molar refractivity (Wildman–Crippen MR) is 81.4 cm³/mol. The number of nitrogens with zero attached hydrogens (tertiary/aromatic N) is 4. The van der Waals surface area contributed by atoms with E-state index in [0.29, 0.717) is 6.54 Å². The summed E-state index contributed by atoms with van der Waals surface area (Å²) in [4.78, 5) is 24.5. The molecule has 0 bridgehead atoms. The molecule has 0 aromatic carbocycles. The molecule has 6 heteroatoms. The largest absolute Gasteiger partial charge is 0.444 e. The van der Waals surface area contributed by atoms with Gasteiger partial charge in [0.15, 0.2) is 0 Å². The van der Waals surface area contributed by atoms with Crippen LogP contribution in [0.5, 0.6) is 0 Å². The van der Waals surface area contributed by atoms with Crippen LogP contribution in [-0.2, 0) is 4.74 Å². The van der Waals surface area contributed by atoms with Crippen molar-refractivity contribution < 1.29 is 9.53 Å². The first-order chi connectivity index (χ1) is 9.85. The summed E-state index contributed by atoms with van der Waals surface area (Å²) in [6.45, 7) is 10.6. The molecule has 0 spiro atoms. The van der Waals surface area contributed by atoms with Crippen LogP contribution < -0.4 is 4.90 Å². The van der Waals surface area contributed by atoms with Crippen molar-refractivity contribution in [2.75, 3.05) is 31.1 Å². The van der Waals surface area contributed by atoms with E-state index >= 15 is 0 Å². The van der Waals surface area contributed by atoms with Gasteiger partial charge in [0, 0.05) is 37.9 Å². The van der Waals surface area contributed by atoms with Crippen molar-refractivity contribution in [1.29, 1.82) is 0 Å². The van der Waals surface area contributed by atoms with Crippen molar-refractivity contribution in [3.05, 3.63) is 18.1 Å². The Bertz CT molecular complexity index is 499. The SMILES string of the molecule is Cc1cc(N2CCCN(C(=O)OC(C)(C)C)CC2)ncn1. The average Bonchev–Trinajstić information content (AvgIpc) is 2.62. The highest BCUT2D eigenvalue weighted by molar-refractivity contribution is 5.68. The molecule has 21 heavy (non-hydrogen) atoms. The van der Waals surface area contributed by atoms with Crippen molar-refractivity contribution in [2.45, 2.75) is 39.7 Å². The zero-order chi connectivity index (χ0) is 15.5. The van der Waals surface area contributed by atoms with Crippen LogP contribution >= 0.6 is 0 Å². The quantitative estimate of drug-likeness (QED) is 0.794. The third kappa shape index (κ3) is 4.58. The van der Waals surface area contributed by atoms with E-state index in [4.69, 9.17) is 4.74 Å². The fourth-order valence-electron chi connectivity index (χ4n) is 2.27. The molecular weight excluding hydrogens is 268 g/mol. The molecule has 2 heterocycles. The molecule has 0 atom stereocenters. The Morgan fingerprint density at radius 3 is 2.62 bits per heavy atom. The second-order valence-electron chi connectivity index (χ2n) is 6.33. The highest BCUT2D eigenvalue weighted by Gasteiger charge is 2.24. The lowest BCUT2D eigenvalue weighted by molar-refractivity contribution is 0.0263. The molecule has 1 saturated heterocycles. The lowest BCUT2D eigenvalue weighted by Gasteiger charge is -2.26. The first-order valence-electron chi connectivity index (χ1n) is 7.37. The Morgan fingerprint density at radius 2 is 1.95 bits per heavy atom. The maximum atomic E-state index is 12.1. The van der Waals surface area contributed by atoms with Gasteiger partial charge in [0.2, 0.25) is 0 Å². The van der Waals surface area contributed by atoms with Gasteiger partial charge in [0.1, 0.15) is 17.7 Å². The lowest BCUT2D eigenvalue weighted by atomic mass is 10.2. The average molecular weight is 292 g/mol. The smallest absolute Gasteiger partial charge is 0.410 e. The minimum Gasteiger partial charge on any atom is -0.444 e. The molecule has 0 radical (unpaired) electrons. The van der Waals surface area contributed by atoms with Crippen LogP contribution in [0, 0.1) is 6.92 Å². The van der Waals surface area contributed by atoms with E-state index in [1.54, 1.807) is 11.2 Å². The van der Waals surface area contributed by atoms with Crippen LogP contribution in [-0.4, -0.2) is 52.7 Å². The van der Waals surface area contributed by atoms with Crippen LogP contribution in [0.25, 0.3) is 0 Å². The number of aryl methyl sites for hydroxylation is 1. The molecule has 1 aliphatic rings. The normalized spacial score (nSPS) is 16.6. The number of amides is 1. The van der Waals surface area contributed by atoms with Gasteiger partial charge in [-0.2, -0.15) is 0 Å². The minimum absolute atomic E-state index is 0.233. The van der Waals surface area contributed by atoms with E-state index in [1.165, 1.54) is 0 Å². The number of ether oxygens (including phenoxy) is 1. The standard InChI is InChI=1S/C15H24N4O2/c1-12-10-13(17-11-16-12)18-6-5-7-19(9-8-18)14(20)21-15(2,3)4/h10-11H,5-9H2,1-4H3. The molecule has 1 fully saturated rings. The molecule has 1 aromatic rings. The topological polar surface area (TPSA) is 58.6 Å². The molecule has 0 N–H and O–H groups in total. The predicted octanol–water partition coefficient (Wildman–Crippen LogP) is 2.23. The van der Waals surface area contributed by atoms with E-state index in [1.807, 2.05) is 33.8 Å². The highest BCUT2D eigenvalue weighted by Crippen LogP contribution is 2.16. The molecule has 0 aliphatic carbocycles. The van der Waals surface area contributed by atoms with Gasteiger partial charge in [-0.05, 0) is 34.1 Å². The Kier molecular flexibility index (Phi) is 4.65. The molecule has 0 saturated carbocycles. The van der Waals surface area contributed by atoms with Gasteiger partial charge in [-0.1, -0.05) is 0 Å². The number of hydrogen-bond acceptors (Lipinski definition) is 5. The summed E-state index contributed by atoms with van der Waals surface area (Å²) in [5, 5.41) is 0. The highest BCUT2D eigenvalue weighted by atomic mass is 16.6. The fraction of sp³-hybridized carbons (Fsp3) is 0.667. The summed E-state index contributed by atoms with van der Waals surface area (Å²) < 4.78 is 5.44. The van der Waals surface area contributed by atoms with Crippen molar-refractivity contribution in [1.82, 2.24) is 14.9 Å². The molecule has 0 unspecified atom stereocenters. The van der Waals surface area contributed by atoms with Crippen LogP contribution in [0.2, 0.25) is 0 Å². The summed E-state index contributed by atoms with van der Waals surface area (Å²) in [6.07, 6.45) is 2.26. The number of rotatable bonds is 1. The molecular formula is C15H24N4O2. The van der Waals surface area contributed by atoms with Crippen molar-refractivity contribution in [3.8, 4) is 0 Å². The van der Waals surface area contributed by atoms with Crippen molar-refractivity contribution >= 4 is 11.9 Å². The molecule has 1 aromatic heterocycles. The van der Waals surface area contributed by atoms with E-state index in [0.717, 1.165) is 37.6 Å². The second-order valence-corrected chi connectivity index (χ2v) is 6.33. The first kappa shape index (κ1) is 15.5. The fourth-order valence-corrected chi connectivity index (χ4v) is 2.27. The Balaban J connectivity index is 1.97. The van der Waals surface area contributed by atoms with Gasteiger partial charge in [0.25, 0.3) is 0 Å². The molecule has 1 amide bonds. The maximum Gasteiger partial charge on any atom is 0.410 e. The zero-order valence-electron chi connectivity index (χ0n) is 13.3. The van der Waals surface area contributed by atoms with Gasteiger partial charge < -0.3 is 14.5 Å². The van der Waals surface area contributed by atoms with Gasteiger partial charge >= 0.3 is 6.09 Å². The first-order valence-corrected chi connectivity index (χ1v) is 7.37. The van der Waals surface area contributed by atoms with Gasteiger partial charge in [-0.25, -0.2) is 14.8 Å². The molecule has 116 valence electrons. The zero-order valence-corrected chi connectivity index (χ0v) is 13.3. The number of carbonyl (C=O) groups is 1. The van der Waals surface area contributed by atoms with Crippen molar-refractivity contribution in [3.63, 3.8) is 0 Å². The molecule has 2 rings (SSSR count). The van der Waals surface area contributed by atoms with Crippen LogP contribution in [0.4, 0.5) is 10.6 Å². The maximum absolute atomic E-state index is 12.1. The summed E-state index contributed by atoms with van der Waals surface area (Å²) in [7, 11) is 0. The molecule has 6 nitrogen and oxygen atoms in total. The summed E-state index contributed by atoms with van der Waals surface area (Å²) in [5.74, 6) is 0.925. The summed E-state index contributed by atoms with van der Waals surface area (Å²) in [5.41, 5.74) is 0.501. The Morgan fingerprint density at radius 1 is 1.19 bits per heavy atom. The third-order valence-corrected chi connectivity index (χ3v) is 3.26. The summed E-state index contributed by atoms with van der Waals surface area (Å²) in [6, 6.07) is 1.98. The summed E-state index contributed by atoms with van der Waals surface area (Å²) >= 11 is 0. The lowest BCUT2D eigenvalue weighted by Crippen LogP contribution is -2.39. The number of aromatic nitrogens is 2.